The van der Waals surface area contributed by atoms with Crippen LogP contribution >= 0.6 is 11.3 Å². The fourth-order valence-electron chi connectivity index (χ4n) is 2.83. The molecule has 6 heteroatoms. The summed E-state index contributed by atoms with van der Waals surface area (Å²) in [6.07, 6.45) is 1.67. The molecule has 0 spiro atoms. The SMILES string of the molecule is Cc1cc(S(=O)(=O)N2CCC(c3cccs3)CC2)ccc1F. The molecule has 0 amide bonds. The summed E-state index contributed by atoms with van der Waals surface area (Å²) in [6, 6.07) is 8.13. The maximum absolute atomic E-state index is 13.3. The van der Waals surface area contributed by atoms with Crippen LogP contribution in [0.5, 0.6) is 0 Å². The number of aryl methyl sites for hydroxylation is 1. The molecule has 1 fully saturated rings. The highest BCUT2D eigenvalue weighted by Crippen LogP contribution is 2.33. The van der Waals surface area contributed by atoms with Gasteiger partial charge in [0.05, 0.1) is 4.90 Å². The van der Waals surface area contributed by atoms with Crippen molar-refractivity contribution in [1.82, 2.24) is 4.31 Å². The predicted octanol–water partition coefficient (Wildman–Crippen LogP) is 3.76. The third-order valence-corrected chi connectivity index (χ3v) is 7.10. The van der Waals surface area contributed by atoms with E-state index >= 15 is 0 Å². The number of piperidine rings is 1. The molecule has 3 rings (SSSR count). The summed E-state index contributed by atoms with van der Waals surface area (Å²) in [7, 11) is -3.52. The van der Waals surface area contributed by atoms with Crippen LogP contribution in [0.3, 0.4) is 0 Å². The highest BCUT2D eigenvalue weighted by atomic mass is 32.2. The van der Waals surface area contributed by atoms with Crippen LogP contribution in [0.1, 0.15) is 29.2 Å². The molecule has 1 aromatic heterocycles. The van der Waals surface area contributed by atoms with E-state index < -0.39 is 10.0 Å². The van der Waals surface area contributed by atoms with Gasteiger partial charge in [0.15, 0.2) is 0 Å². The molecule has 3 nitrogen and oxygen atoms in total. The van der Waals surface area contributed by atoms with Crippen molar-refractivity contribution in [2.75, 3.05) is 13.1 Å². The maximum atomic E-state index is 13.3. The van der Waals surface area contributed by atoms with E-state index in [1.165, 1.54) is 27.4 Å². The van der Waals surface area contributed by atoms with Crippen LogP contribution in [0.15, 0.2) is 40.6 Å². The van der Waals surface area contributed by atoms with E-state index in [-0.39, 0.29) is 10.7 Å². The predicted molar refractivity (Wildman–Crippen MR) is 86.2 cm³/mol. The van der Waals surface area contributed by atoms with Gasteiger partial charge in [-0.15, -0.1) is 11.3 Å². The lowest BCUT2D eigenvalue weighted by Crippen LogP contribution is -2.37. The summed E-state index contributed by atoms with van der Waals surface area (Å²) in [5.41, 5.74) is 0.356. The highest BCUT2D eigenvalue weighted by Gasteiger charge is 2.30. The lowest BCUT2D eigenvalue weighted by Gasteiger charge is -2.30. The van der Waals surface area contributed by atoms with Crippen molar-refractivity contribution in [2.24, 2.45) is 0 Å². The van der Waals surface area contributed by atoms with Crippen LogP contribution in [0.25, 0.3) is 0 Å². The zero-order valence-electron chi connectivity index (χ0n) is 12.3. The zero-order valence-corrected chi connectivity index (χ0v) is 14.0. The third-order valence-electron chi connectivity index (χ3n) is 4.17. The van der Waals surface area contributed by atoms with Gasteiger partial charge in [0.2, 0.25) is 10.0 Å². The van der Waals surface area contributed by atoms with Gasteiger partial charge < -0.3 is 0 Å². The molecular formula is C16H18FNO2S2. The Morgan fingerprint density at radius 2 is 1.95 bits per heavy atom. The summed E-state index contributed by atoms with van der Waals surface area (Å²) in [5.74, 6) is 0.0664. The number of hydrogen-bond donors (Lipinski definition) is 0. The Bertz CT molecular complexity index is 748. The Kier molecular flexibility index (Phi) is 4.34. The van der Waals surface area contributed by atoms with Crippen molar-refractivity contribution in [3.05, 3.63) is 52.0 Å². The van der Waals surface area contributed by atoms with Crippen LogP contribution in [0, 0.1) is 12.7 Å². The summed E-state index contributed by atoms with van der Waals surface area (Å²) in [6.45, 7) is 2.61. The number of benzene rings is 1. The Morgan fingerprint density at radius 3 is 2.55 bits per heavy atom. The zero-order chi connectivity index (χ0) is 15.7. The van der Waals surface area contributed by atoms with Gasteiger partial charge in [-0.05, 0) is 60.9 Å². The van der Waals surface area contributed by atoms with E-state index in [1.807, 2.05) is 6.07 Å². The first-order valence-electron chi connectivity index (χ1n) is 7.28. The fourth-order valence-corrected chi connectivity index (χ4v) is 5.29. The van der Waals surface area contributed by atoms with Gasteiger partial charge in [-0.2, -0.15) is 4.31 Å². The molecule has 0 aliphatic carbocycles. The lowest BCUT2D eigenvalue weighted by molar-refractivity contribution is 0.321. The van der Waals surface area contributed by atoms with Crippen LogP contribution in [-0.4, -0.2) is 25.8 Å². The smallest absolute Gasteiger partial charge is 0.207 e. The van der Waals surface area contributed by atoms with Crippen LogP contribution in [0.2, 0.25) is 0 Å². The van der Waals surface area contributed by atoms with E-state index in [9.17, 15) is 12.8 Å². The van der Waals surface area contributed by atoms with Gasteiger partial charge in [0.25, 0.3) is 0 Å². The molecule has 118 valence electrons. The molecule has 1 saturated heterocycles. The number of nitrogens with zero attached hydrogens (tertiary/aromatic N) is 1. The number of thiophene rings is 1. The van der Waals surface area contributed by atoms with Gasteiger partial charge in [-0.1, -0.05) is 6.07 Å². The first-order chi connectivity index (χ1) is 10.5. The van der Waals surface area contributed by atoms with Crippen molar-refractivity contribution in [3.63, 3.8) is 0 Å². The van der Waals surface area contributed by atoms with Crippen LogP contribution in [0.4, 0.5) is 4.39 Å². The molecule has 1 aromatic carbocycles. The van der Waals surface area contributed by atoms with E-state index in [2.05, 4.69) is 11.4 Å². The quantitative estimate of drug-likeness (QED) is 0.854. The summed E-state index contributed by atoms with van der Waals surface area (Å²) in [5, 5.41) is 2.06. The average molecular weight is 339 g/mol. The second kappa shape index (κ2) is 6.10. The molecule has 1 aliphatic heterocycles. The van der Waals surface area contributed by atoms with Crippen molar-refractivity contribution in [3.8, 4) is 0 Å². The van der Waals surface area contributed by atoms with Crippen LogP contribution < -0.4 is 0 Å². The van der Waals surface area contributed by atoms with Gasteiger partial charge in [-0.25, -0.2) is 12.8 Å². The number of hydrogen-bond acceptors (Lipinski definition) is 3. The van der Waals surface area contributed by atoms with Crippen LogP contribution in [-0.2, 0) is 10.0 Å². The molecular weight excluding hydrogens is 321 g/mol. The monoisotopic (exact) mass is 339 g/mol. The molecule has 0 N–H and O–H groups in total. The highest BCUT2D eigenvalue weighted by molar-refractivity contribution is 7.89. The summed E-state index contributed by atoms with van der Waals surface area (Å²) in [4.78, 5) is 1.51. The summed E-state index contributed by atoms with van der Waals surface area (Å²) < 4.78 is 40.1. The minimum Gasteiger partial charge on any atom is -0.207 e. The fraction of sp³-hybridized carbons (Fsp3) is 0.375. The van der Waals surface area contributed by atoms with Crippen molar-refractivity contribution < 1.29 is 12.8 Å². The minimum absolute atomic E-state index is 0.181. The molecule has 0 unspecified atom stereocenters. The largest absolute Gasteiger partial charge is 0.243 e. The van der Waals surface area contributed by atoms with Gasteiger partial charge in [0, 0.05) is 18.0 Å². The molecule has 0 bridgehead atoms. The van der Waals surface area contributed by atoms with E-state index in [0.717, 1.165) is 12.8 Å². The molecule has 2 heterocycles. The Labute approximate surface area is 134 Å². The molecule has 0 radical (unpaired) electrons. The van der Waals surface area contributed by atoms with Crippen molar-refractivity contribution in [2.45, 2.75) is 30.6 Å². The van der Waals surface area contributed by atoms with E-state index in [1.54, 1.807) is 18.3 Å². The number of sulfonamides is 1. The van der Waals surface area contributed by atoms with Gasteiger partial charge in [0.1, 0.15) is 5.82 Å². The maximum Gasteiger partial charge on any atom is 0.243 e. The topological polar surface area (TPSA) is 37.4 Å². The first kappa shape index (κ1) is 15.6. The van der Waals surface area contributed by atoms with Crippen molar-refractivity contribution >= 4 is 21.4 Å². The molecule has 0 saturated carbocycles. The molecule has 0 atom stereocenters. The second-order valence-corrected chi connectivity index (χ2v) is 8.52. The van der Waals surface area contributed by atoms with Gasteiger partial charge in [-0.3, -0.25) is 0 Å². The minimum atomic E-state index is -3.52. The van der Waals surface area contributed by atoms with E-state index in [4.69, 9.17) is 0 Å². The number of halogens is 1. The third kappa shape index (κ3) is 2.95. The first-order valence-corrected chi connectivity index (χ1v) is 9.60. The summed E-state index contributed by atoms with van der Waals surface area (Å²) >= 11 is 1.73. The molecule has 1 aliphatic rings. The molecule has 2 aromatic rings. The van der Waals surface area contributed by atoms with E-state index in [0.29, 0.717) is 24.6 Å². The normalized spacial score (nSPS) is 17.7. The standard InChI is InChI=1S/C16H18FNO2S2/c1-12-11-14(4-5-15(12)17)22(19,20)18-8-6-13(7-9-18)16-3-2-10-21-16/h2-5,10-11,13H,6-9H2,1H3. The Morgan fingerprint density at radius 1 is 1.23 bits per heavy atom. The Balaban J connectivity index is 1.75. The average Bonchev–Trinajstić information content (AvgIpc) is 3.04. The Hall–Kier alpha value is -1.24. The second-order valence-electron chi connectivity index (χ2n) is 5.60. The van der Waals surface area contributed by atoms with Crippen molar-refractivity contribution in [1.29, 1.82) is 0 Å². The number of rotatable bonds is 3. The molecule has 22 heavy (non-hydrogen) atoms. The van der Waals surface area contributed by atoms with Gasteiger partial charge >= 0.3 is 0 Å². The lowest BCUT2D eigenvalue weighted by atomic mass is 9.97.